The monoisotopic (exact) mass is 250 g/mol. The molecule has 0 radical (unpaired) electrons. The van der Waals surface area contributed by atoms with Gasteiger partial charge in [-0.25, -0.2) is 0 Å². The van der Waals surface area contributed by atoms with Crippen molar-refractivity contribution in [2.24, 2.45) is 0 Å². The van der Waals surface area contributed by atoms with Crippen molar-refractivity contribution in [3.63, 3.8) is 0 Å². The Balaban J connectivity index is 2.35. The summed E-state index contributed by atoms with van der Waals surface area (Å²) in [6.45, 7) is 4.73. The van der Waals surface area contributed by atoms with Crippen molar-refractivity contribution in [3.8, 4) is 0 Å². The van der Waals surface area contributed by atoms with Crippen LogP contribution in [0, 0.1) is 0 Å². The first-order valence-electron chi connectivity index (χ1n) is 5.33. The Morgan fingerprint density at radius 1 is 1.33 bits per heavy atom. The lowest BCUT2D eigenvalue weighted by Gasteiger charge is -2.21. The molecule has 0 spiro atoms. The van der Waals surface area contributed by atoms with Crippen LogP contribution in [0.1, 0.15) is 6.42 Å². The van der Waals surface area contributed by atoms with Crippen molar-refractivity contribution >= 4 is 29.3 Å². The fraction of sp³-hybridized carbons (Fsp3) is 0.900. The number of hydrogen-bond donors (Lipinski definition) is 0. The minimum atomic E-state index is 0.273. The number of carbonyl (C=O) groups excluding carboxylic acids is 1. The molecule has 15 heavy (non-hydrogen) atoms. The zero-order chi connectivity index (χ0) is 11.1. The van der Waals surface area contributed by atoms with Crippen LogP contribution >= 0.6 is 23.4 Å². The van der Waals surface area contributed by atoms with E-state index in [1.807, 2.05) is 11.2 Å². The van der Waals surface area contributed by atoms with Gasteiger partial charge in [-0.15, -0.1) is 11.6 Å². The van der Waals surface area contributed by atoms with Crippen LogP contribution in [0.4, 0.5) is 0 Å². The van der Waals surface area contributed by atoms with Crippen molar-refractivity contribution in [2.75, 3.05) is 50.6 Å². The lowest BCUT2D eigenvalue weighted by atomic mass is 10.4. The minimum absolute atomic E-state index is 0.273. The number of carbonyl (C=O) groups is 1. The van der Waals surface area contributed by atoms with E-state index in [0.29, 0.717) is 11.6 Å². The smallest absolute Gasteiger partial charge is 0.232 e. The van der Waals surface area contributed by atoms with Crippen LogP contribution < -0.4 is 0 Å². The van der Waals surface area contributed by atoms with Gasteiger partial charge in [0.15, 0.2) is 0 Å². The van der Waals surface area contributed by atoms with Gasteiger partial charge in [0.05, 0.1) is 5.75 Å². The van der Waals surface area contributed by atoms with E-state index < -0.39 is 0 Å². The maximum absolute atomic E-state index is 11.7. The van der Waals surface area contributed by atoms with Crippen LogP contribution in [0.15, 0.2) is 0 Å². The fourth-order valence-corrected chi connectivity index (χ4v) is 2.45. The highest BCUT2D eigenvalue weighted by atomic mass is 35.5. The van der Waals surface area contributed by atoms with Gasteiger partial charge in [-0.05, 0) is 19.2 Å². The molecular formula is C10H19ClN2OS. The Hall–Kier alpha value is 0.0700. The van der Waals surface area contributed by atoms with Crippen LogP contribution in [-0.2, 0) is 4.79 Å². The largest absolute Gasteiger partial charge is 0.341 e. The van der Waals surface area contributed by atoms with Gasteiger partial charge >= 0.3 is 0 Å². The lowest BCUT2D eigenvalue weighted by molar-refractivity contribution is -0.128. The predicted molar refractivity (Wildman–Crippen MR) is 66.7 cm³/mol. The Bertz CT molecular complexity index is 204. The molecule has 0 aromatic carbocycles. The highest BCUT2D eigenvalue weighted by molar-refractivity contribution is 7.99. The van der Waals surface area contributed by atoms with E-state index in [1.54, 1.807) is 11.8 Å². The quantitative estimate of drug-likeness (QED) is 0.699. The molecule has 0 N–H and O–H groups in total. The molecule has 1 aliphatic heterocycles. The van der Waals surface area contributed by atoms with E-state index in [2.05, 4.69) is 4.90 Å². The topological polar surface area (TPSA) is 23.6 Å². The van der Waals surface area contributed by atoms with Gasteiger partial charge in [-0.2, -0.15) is 11.8 Å². The van der Waals surface area contributed by atoms with Crippen LogP contribution in [0.5, 0.6) is 0 Å². The van der Waals surface area contributed by atoms with Gasteiger partial charge in [-0.1, -0.05) is 0 Å². The molecule has 0 unspecified atom stereocenters. The average molecular weight is 251 g/mol. The van der Waals surface area contributed by atoms with Crippen LogP contribution in [0.25, 0.3) is 0 Å². The fourth-order valence-electron chi connectivity index (χ4n) is 1.78. The normalized spacial score (nSPS) is 18.9. The molecule has 0 aromatic heterocycles. The van der Waals surface area contributed by atoms with Gasteiger partial charge in [0.1, 0.15) is 0 Å². The summed E-state index contributed by atoms with van der Waals surface area (Å²) in [5.41, 5.74) is 0. The van der Waals surface area contributed by atoms with Crippen molar-refractivity contribution in [3.05, 3.63) is 0 Å². The number of thioether (sulfide) groups is 1. The maximum Gasteiger partial charge on any atom is 0.232 e. The van der Waals surface area contributed by atoms with Gasteiger partial charge < -0.3 is 9.80 Å². The van der Waals surface area contributed by atoms with Gasteiger partial charge in [0, 0.05) is 32.1 Å². The summed E-state index contributed by atoms with van der Waals surface area (Å²) in [6.07, 6.45) is 3.03. The summed E-state index contributed by atoms with van der Waals surface area (Å²) in [5, 5.41) is 0. The Morgan fingerprint density at radius 3 is 2.80 bits per heavy atom. The Morgan fingerprint density at radius 2 is 2.13 bits per heavy atom. The standard InChI is InChI=1S/C10H19ClN2OS/c1-15-9-10(14)13-5-2-4-12(6-3-11)7-8-13/h2-9H2,1H3. The van der Waals surface area contributed by atoms with E-state index in [1.165, 1.54) is 0 Å². The third-order valence-corrected chi connectivity index (χ3v) is 3.31. The third kappa shape index (κ3) is 4.62. The SMILES string of the molecule is CSCC(=O)N1CCCN(CCCl)CC1. The molecule has 5 heteroatoms. The second kappa shape index (κ2) is 7.36. The molecule has 1 heterocycles. The molecule has 1 aliphatic rings. The number of alkyl halides is 1. The maximum atomic E-state index is 11.7. The van der Waals surface area contributed by atoms with Crippen molar-refractivity contribution < 1.29 is 4.79 Å². The molecule has 1 rings (SSSR count). The average Bonchev–Trinajstić information content (AvgIpc) is 2.44. The second-order valence-corrected chi connectivity index (χ2v) is 4.94. The molecule has 1 amide bonds. The third-order valence-electron chi connectivity index (χ3n) is 2.61. The Labute approximate surface area is 101 Å². The van der Waals surface area contributed by atoms with Gasteiger partial charge in [0.2, 0.25) is 5.91 Å². The number of hydrogen-bond acceptors (Lipinski definition) is 3. The lowest BCUT2D eigenvalue weighted by Crippen LogP contribution is -2.36. The summed E-state index contributed by atoms with van der Waals surface area (Å²) in [6, 6.07) is 0. The molecule has 3 nitrogen and oxygen atoms in total. The van der Waals surface area contributed by atoms with Crippen LogP contribution in [0.3, 0.4) is 0 Å². The first kappa shape index (κ1) is 13.1. The van der Waals surface area contributed by atoms with Crippen molar-refractivity contribution in [1.29, 1.82) is 0 Å². The number of rotatable bonds is 4. The minimum Gasteiger partial charge on any atom is -0.341 e. The summed E-state index contributed by atoms with van der Waals surface area (Å²) >= 11 is 7.31. The second-order valence-electron chi connectivity index (χ2n) is 3.70. The van der Waals surface area contributed by atoms with Crippen molar-refractivity contribution in [1.82, 2.24) is 9.80 Å². The molecule has 1 fully saturated rings. The first-order valence-corrected chi connectivity index (χ1v) is 7.25. The Kier molecular flexibility index (Phi) is 6.45. The van der Waals surface area contributed by atoms with Crippen LogP contribution in [0.2, 0.25) is 0 Å². The van der Waals surface area contributed by atoms with Gasteiger partial charge in [-0.3, -0.25) is 4.79 Å². The summed E-state index contributed by atoms with van der Waals surface area (Å²) < 4.78 is 0. The zero-order valence-electron chi connectivity index (χ0n) is 9.25. The van der Waals surface area contributed by atoms with E-state index >= 15 is 0 Å². The molecule has 0 bridgehead atoms. The highest BCUT2D eigenvalue weighted by Gasteiger charge is 2.17. The molecule has 0 atom stereocenters. The molecule has 1 saturated heterocycles. The number of amides is 1. The van der Waals surface area contributed by atoms with Gasteiger partial charge in [0.25, 0.3) is 0 Å². The summed E-state index contributed by atoms with van der Waals surface area (Å²) in [4.78, 5) is 16.0. The first-order chi connectivity index (χ1) is 7.27. The zero-order valence-corrected chi connectivity index (χ0v) is 10.8. The van der Waals surface area contributed by atoms with Crippen LogP contribution in [-0.4, -0.2) is 66.3 Å². The van der Waals surface area contributed by atoms with E-state index in [-0.39, 0.29) is 5.91 Å². The molecule has 88 valence electrons. The number of halogens is 1. The summed E-state index contributed by atoms with van der Waals surface area (Å²) in [7, 11) is 0. The predicted octanol–water partition coefficient (Wildman–Crippen LogP) is 1.12. The molecule has 0 saturated carbocycles. The van der Waals surface area contributed by atoms with E-state index in [9.17, 15) is 4.79 Å². The highest BCUT2D eigenvalue weighted by Crippen LogP contribution is 2.05. The van der Waals surface area contributed by atoms with Crippen molar-refractivity contribution in [2.45, 2.75) is 6.42 Å². The van der Waals surface area contributed by atoms with E-state index in [4.69, 9.17) is 11.6 Å². The van der Waals surface area contributed by atoms with E-state index in [0.717, 1.165) is 39.1 Å². The summed E-state index contributed by atoms with van der Waals surface area (Å²) in [5.74, 6) is 1.56. The number of nitrogens with zero attached hydrogens (tertiary/aromatic N) is 2. The molecule has 0 aliphatic carbocycles. The molecular weight excluding hydrogens is 232 g/mol. The molecule has 0 aromatic rings.